The zero-order chi connectivity index (χ0) is 38.8. The minimum Gasteiger partial charge on any atom is -0.479 e. The van der Waals surface area contributed by atoms with E-state index in [1.54, 1.807) is 0 Å². The molecule has 4 aliphatic rings. The van der Waals surface area contributed by atoms with Gasteiger partial charge >= 0.3 is 11.9 Å². The minimum atomic E-state index is -2.28. The predicted octanol–water partition coefficient (Wildman–Crippen LogP) is -8.12. The van der Waals surface area contributed by atoms with Crippen molar-refractivity contribution in [3.8, 4) is 0 Å². The zero-order valence-electron chi connectivity index (χ0n) is 27.3. The van der Waals surface area contributed by atoms with Gasteiger partial charge in [-0.05, 0) is 6.08 Å². The van der Waals surface area contributed by atoms with Gasteiger partial charge in [-0.3, -0.25) is 9.59 Å². The molecule has 0 bridgehead atoms. The molecule has 24 nitrogen and oxygen atoms in total. The molecule has 1 unspecified atom stereocenters. The summed E-state index contributed by atoms with van der Waals surface area (Å²) in [4.78, 5) is 48.0. The molecule has 13 N–H and O–H groups in total. The molecule has 4 rings (SSSR count). The van der Waals surface area contributed by atoms with Gasteiger partial charge in [-0.25, -0.2) is 9.59 Å². The van der Waals surface area contributed by atoms with Crippen LogP contribution in [0.4, 0.5) is 0 Å². The standard InChI is InChI=1S/C28H42N2O22/c1-6(33)29-12-19(15(37)10(4-31)46-25(12)45)49-28-18(40)17(39)21(22(52-28)24(43)44)51-26-13(30-7(2)34)20(16(38)11(5-32)48-26)50-27-14(36)8(35)3-9(47-27)23(41)42/h3,8,10-22,25-28,31-32,35-40,45H,4-5H2,1-2H3,(H,29,33)(H,30,34)(H,41,42)(H,43,44)/t8-,10+,11+,12+,13+,14+,15+,16+,17+,18+,19+,20+,21-,22-,25?,26-,27-,28+/m0/s1. The number of amides is 2. The lowest BCUT2D eigenvalue weighted by atomic mass is 9.94. The number of rotatable bonds is 12. The average Bonchev–Trinajstić information content (AvgIpc) is 3.07. The quantitative estimate of drug-likeness (QED) is 0.0878. The van der Waals surface area contributed by atoms with Crippen LogP contribution < -0.4 is 10.6 Å². The van der Waals surface area contributed by atoms with Crippen LogP contribution in [0.3, 0.4) is 0 Å². The summed E-state index contributed by atoms with van der Waals surface area (Å²) in [6, 6.07) is -3.31. The van der Waals surface area contributed by atoms with Gasteiger partial charge in [-0.1, -0.05) is 0 Å². The van der Waals surface area contributed by atoms with Crippen LogP contribution >= 0.6 is 0 Å². The van der Waals surface area contributed by atoms with Crippen molar-refractivity contribution in [2.24, 2.45) is 0 Å². The number of hydrogen-bond donors (Lipinski definition) is 13. The van der Waals surface area contributed by atoms with Crippen LogP contribution in [-0.4, -0.2) is 204 Å². The third-order valence-corrected chi connectivity index (χ3v) is 8.53. The van der Waals surface area contributed by atoms with Gasteiger partial charge in [-0.15, -0.1) is 0 Å². The number of aliphatic hydroxyl groups is 9. The van der Waals surface area contributed by atoms with E-state index in [1.807, 2.05) is 0 Å². The zero-order valence-corrected chi connectivity index (χ0v) is 27.3. The normalized spacial score (nSPS) is 43.8. The second kappa shape index (κ2) is 17.3. The minimum absolute atomic E-state index is 0.662. The molecule has 0 spiro atoms. The number of ether oxygens (including phenoxy) is 7. The Balaban J connectivity index is 1.62. The van der Waals surface area contributed by atoms with Gasteiger partial charge in [0.2, 0.25) is 23.9 Å². The SMILES string of the molecule is CC(=O)N[C@H]1[C@H](O[C@H]2[C@H](O)[C@@H](O)[C@H](O[C@H]3[C@H](O)[C@@H](CO)OC(O)[C@@H]3NC(C)=O)O[C@@H]2C(=O)O)O[C@H](CO)[C@@H](O)[C@@H]1O[C@@H]1OC(C(=O)O)=C[C@H](O)[C@H]1O. The number of carbonyl (C=O) groups excluding carboxylic acids is 2. The summed E-state index contributed by atoms with van der Waals surface area (Å²) in [5.74, 6) is -5.97. The van der Waals surface area contributed by atoms with E-state index in [9.17, 15) is 75.3 Å². The Labute approximate surface area is 292 Å². The smallest absolute Gasteiger partial charge is 0.371 e. The Morgan fingerprint density at radius 2 is 1.17 bits per heavy atom. The van der Waals surface area contributed by atoms with E-state index in [-0.39, 0.29) is 0 Å². The summed E-state index contributed by atoms with van der Waals surface area (Å²) in [5, 5.41) is 118. The highest BCUT2D eigenvalue weighted by Gasteiger charge is 2.56. The van der Waals surface area contributed by atoms with Crippen molar-refractivity contribution in [2.45, 2.75) is 124 Å². The number of carboxylic acid groups (broad SMARTS) is 2. The fraction of sp³-hybridized carbons (Fsp3) is 0.786. The van der Waals surface area contributed by atoms with Crippen molar-refractivity contribution in [1.29, 1.82) is 0 Å². The summed E-state index contributed by atoms with van der Waals surface area (Å²) < 4.78 is 38.1. The van der Waals surface area contributed by atoms with Crippen LogP contribution in [-0.2, 0) is 52.3 Å². The third-order valence-electron chi connectivity index (χ3n) is 8.53. The maximum atomic E-state index is 12.4. The maximum Gasteiger partial charge on any atom is 0.371 e. The molecule has 2 amide bonds. The summed E-state index contributed by atoms with van der Waals surface area (Å²) in [5.41, 5.74) is 0. The lowest BCUT2D eigenvalue weighted by Gasteiger charge is -2.49. The lowest BCUT2D eigenvalue weighted by Crippen LogP contribution is -2.70. The molecule has 0 saturated carbocycles. The van der Waals surface area contributed by atoms with E-state index >= 15 is 0 Å². The number of carbonyl (C=O) groups is 4. The van der Waals surface area contributed by atoms with E-state index in [0.717, 1.165) is 13.8 Å². The van der Waals surface area contributed by atoms with Crippen LogP contribution in [0.25, 0.3) is 0 Å². The highest BCUT2D eigenvalue weighted by atomic mass is 16.8. The molecule has 296 valence electrons. The Morgan fingerprint density at radius 1 is 0.654 bits per heavy atom. The van der Waals surface area contributed by atoms with Crippen molar-refractivity contribution in [3.05, 3.63) is 11.8 Å². The van der Waals surface area contributed by atoms with Crippen molar-refractivity contribution in [2.75, 3.05) is 13.2 Å². The van der Waals surface area contributed by atoms with Gasteiger partial charge in [0, 0.05) is 13.8 Å². The Kier molecular flexibility index (Phi) is 13.8. The van der Waals surface area contributed by atoms with Gasteiger partial charge in [0.15, 0.2) is 25.0 Å². The predicted molar refractivity (Wildman–Crippen MR) is 156 cm³/mol. The molecule has 4 aliphatic heterocycles. The summed E-state index contributed by atoms with van der Waals surface area (Å²) in [7, 11) is 0. The number of carboxylic acids is 2. The lowest BCUT2D eigenvalue weighted by molar-refractivity contribution is -0.363. The van der Waals surface area contributed by atoms with Gasteiger partial charge < -0.3 is 100.0 Å². The molecule has 3 fully saturated rings. The highest BCUT2D eigenvalue weighted by Crippen LogP contribution is 2.34. The monoisotopic (exact) mass is 758 g/mol. The first kappa shape index (κ1) is 41.6. The van der Waals surface area contributed by atoms with E-state index in [2.05, 4.69) is 10.6 Å². The first-order valence-electron chi connectivity index (χ1n) is 15.7. The van der Waals surface area contributed by atoms with Crippen molar-refractivity contribution in [1.82, 2.24) is 10.6 Å². The molecule has 4 heterocycles. The van der Waals surface area contributed by atoms with Gasteiger partial charge in [-0.2, -0.15) is 0 Å². The van der Waals surface area contributed by atoms with Crippen molar-refractivity contribution >= 4 is 23.8 Å². The Hall–Kier alpha value is -3.18. The summed E-state index contributed by atoms with van der Waals surface area (Å²) >= 11 is 0. The van der Waals surface area contributed by atoms with E-state index in [1.165, 1.54) is 0 Å². The van der Waals surface area contributed by atoms with Crippen molar-refractivity contribution < 1.29 is 109 Å². The van der Waals surface area contributed by atoms with Gasteiger partial charge in [0.25, 0.3) is 0 Å². The first-order valence-corrected chi connectivity index (χ1v) is 15.7. The van der Waals surface area contributed by atoms with Crippen LogP contribution in [0.1, 0.15) is 13.8 Å². The molecule has 18 atom stereocenters. The fourth-order valence-corrected chi connectivity index (χ4v) is 6.01. The van der Waals surface area contributed by atoms with Crippen LogP contribution in [0.2, 0.25) is 0 Å². The molecule has 52 heavy (non-hydrogen) atoms. The van der Waals surface area contributed by atoms with Crippen LogP contribution in [0.5, 0.6) is 0 Å². The van der Waals surface area contributed by atoms with Gasteiger partial charge in [0.05, 0.1) is 13.2 Å². The molecule has 3 saturated heterocycles. The van der Waals surface area contributed by atoms with Crippen LogP contribution in [0.15, 0.2) is 11.8 Å². The summed E-state index contributed by atoms with van der Waals surface area (Å²) in [6.07, 6.45) is -30.6. The topological polar surface area (TPSA) is 379 Å². The molecule has 0 aromatic carbocycles. The fourth-order valence-electron chi connectivity index (χ4n) is 6.01. The van der Waals surface area contributed by atoms with E-state index in [0.29, 0.717) is 6.08 Å². The highest BCUT2D eigenvalue weighted by molar-refractivity contribution is 5.84. The van der Waals surface area contributed by atoms with E-state index < -0.39 is 153 Å². The summed E-state index contributed by atoms with van der Waals surface area (Å²) in [6.45, 7) is 0.187. The number of hydrogen-bond acceptors (Lipinski definition) is 20. The largest absolute Gasteiger partial charge is 0.479 e. The molecular weight excluding hydrogens is 716 g/mol. The van der Waals surface area contributed by atoms with Crippen molar-refractivity contribution in [3.63, 3.8) is 0 Å². The second-order valence-electron chi connectivity index (χ2n) is 12.3. The molecular formula is C28H42N2O22. The molecule has 0 aromatic rings. The van der Waals surface area contributed by atoms with Crippen LogP contribution in [0, 0.1) is 0 Å². The number of aliphatic carboxylic acids is 2. The molecule has 0 aromatic heterocycles. The second-order valence-corrected chi connectivity index (χ2v) is 12.3. The Morgan fingerprint density at radius 3 is 1.71 bits per heavy atom. The van der Waals surface area contributed by atoms with Gasteiger partial charge in [0.1, 0.15) is 79.2 Å². The first-order chi connectivity index (χ1) is 24.4. The molecule has 24 heteroatoms. The number of aliphatic hydroxyl groups excluding tert-OH is 9. The molecule has 0 aliphatic carbocycles. The number of nitrogens with one attached hydrogen (secondary N) is 2. The molecule has 0 radical (unpaired) electrons. The third kappa shape index (κ3) is 8.95. The average molecular weight is 759 g/mol. The van der Waals surface area contributed by atoms with E-state index in [4.69, 9.17) is 33.2 Å². The Bertz CT molecular complexity index is 1320. The maximum absolute atomic E-state index is 12.4.